The molecule has 8 nitrogen and oxygen atoms in total. The van der Waals surface area contributed by atoms with Crippen molar-refractivity contribution in [2.45, 2.75) is 34.1 Å². The van der Waals surface area contributed by atoms with Gasteiger partial charge in [-0.2, -0.15) is 0 Å². The summed E-state index contributed by atoms with van der Waals surface area (Å²) in [6.07, 6.45) is -0.213. The van der Waals surface area contributed by atoms with Crippen LogP contribution < -0.4 is 5.32 Å². The molecule has 1 aliphatic rings. The van der Waals surface area contributed by atoms with Crippen LogP contribution in [0.3, 0.4) is 0 Å². The van der Waals surface area contributed by atoms with Gasteiger partial charge < -0.3 is 10.1 Å². The van der Waals surface area contributed by atoms with Crippen LogP contribution in [0.5, 0.6) is 0 Å². The van der Waals surface area contributed by atoms with Gasteiger partial charge in [-0.25, -0.2) is 0 Å². The van der Waals surface area contributed by atoms with Crippen LogP contribution in [0, 0.1) is 12.3 Å². The molecule has 0 saturated heterocycles. The molecule has 0 aromatic heterocycles. The molecule has 1 aliphatic heterocycles. The van der Waals surface area contributed by atoms with Crippen LogP contribution in [0.1, 0.15) is 63.8 Å². The third-order valence-corrected chi connectivity index (χ3v) is 5.18. The molecule has 8 heteroatoms. The third-order valence-electron chi connectivity index (χ3n) is 5.18. The minimum atomic E-state index is -0.690. The molecule has 172 valence electrons. The number of carbonyl (C=O) groups excluding carboxylic acids is 5. The molecular formula is C25H26N2O6. The number of nitrogens with one attached hydrogen (secondary N) is 1. The largest absolute Gasteiger partial charge is 0.457 e. The van der Waals surface area contributed by atoms with E-state index < -0.39 is 35.6 Å². The summed E-state index contributed by atoms with van der Waals surface area (Å²) >= 11 is 0. The predicted octanol–water partition coefficient (Wildman–Crippen LogP) is 3.39. The topological polar surface area (TPSA) is 110 Å². The lowest BCUT2D eigenvalue weighted by Gasteiger charge is -2.17. The Kier molecular flexibility index (Phi) is 6.76. The van der Waals surface area contributed by atoms with Gasteiger partial charge in [0.05, 0.1) is 17.5 Å². The molecule has 33 heavy (non-hydrogen) atoms. The van der Waals surface area contributed by atoms with Gasteiger partial charge in [-0.05, 0) is 43.3 Å². The Labute approximate surface area is 191 Å². The number of rotatable bonds is 7. The number of Topliss-reactive ketones (excluding diaryl/α,β-unsaturated/α-hetero) is 1. The van der Waals surface area contributed by atoms with Crippen LogP contribution in [0.15, 0.2) is 42.5 Å². The number of aryl methyl sites for hydroxylation is 1. The molecule has 3 rings (SSSR count). The van der Waals surface area contributed by atoms with E-state index in [4.69, 9.17) is 4.74 Å². The number of esters is 1. The van der Waals surface area contributed by atoms with E-state index in [2.05, 4.69) is 5.32 Å². The van der Waals surface area contributed by atoms with E-state index >= 15 is 0 Å². The molecule has 0 saturated carbocycles. The number of ether oxygens (including phenoxy) is 1. The maximum absolute atomic E-state index is 12.4. The van der Waals surface area contributed by atoms with Gasteiger partial charge in [0, 0.05) is 23.2 Å². The average molecular weight is 450 g/mol. The molecule has 3 amide bonds. The fourth-order valence-corrected chi connectivity index (χ4v) is 3.17. The summed E-state index contributed by atoms with van der Waals surface area (Å²) < 4.78 is 5.02. The fraction of sp³-hybridized carbons (Fsp3) is 0.320. The van der Waals surface area contributed by atoms with Crippen molar-refractivity contribution >= 4 is 35.2 Å². The fourth-order valence-electron chi connectivity index (χ4n) is 3.17. The first-order chi connectivity index (χ1) is 15.5. The number of fused-ring (bicyclic) bond motifs is 1. The minimum absolute atomic E-state index is 0.124. The zero-order valence-corrected chi connectivity index (χ0v) is 19.1. The van der Waals surface area contributed by atoms with E-state index in [9.17, 15) is 24.0 Å². The van der Waals surface area contributed by atoms with Gasteiger partial charge in [-0.1, -0.05) is 32.4 Å². The highest BCUT2D eigenvalue weighted by Crippen LogP contribution is 2.24. The summed E-state index contributed by atoms with van der Waals surface area (Å²) in [4.78, 5) is 62.3. The molecule has 0 bridgehead atoms. The Balaban J connectivity index is 1.48. The highest BCUT2D eigenvalue weighted by atomic mass is 16.5. The number of nitrogens with zero attached hydrogens (tertiary/aromatic N) is 1. The van der Waals surface area contributed by atoms with E-state index in [1.807, 2.05) is 6.92 Å². The maximum atomic E-state index is 12.4. The zero-order valence-electron chi connectivity index (χ0n) is 19.1. The van der Waals surface area contributed by atoms with Crippen molar-refractivity contribution in [3.8, 4) is 0 Å². The minimum Gasteiger partial charge on any atom is -0.457 e. The molecule has 2 aromatic rings. The number of hydrogen-bond acceptors (Lipinski definition) is 6. The first-order valence-electron chi connectivity index (χ1n) is 10.5. The van der Waals surface area contributed by atoms with E-state index in [-0.39, 0.29) is 18.9 Å². The zero-order chi connectivity index (χ0) is 24.3. The normalized spacial score (nSPS) is 13.0. The van der Waals surface area contributed by atoms with Gasteiger partial charge in [0.15, 0.2) is 12.4 Å². The van der Waals surface area contributed by atoms with E-state index in [0.717, 1.165) is 10.5 Å². The highest BCUT2D eigenvalue weighted by Gasteiger charge is 2.35. The second-order valence-corrected chi connectivity index (χ2v) is 8.93. The molecular weight excluding hydrogens is 424 g/mol. The van der Waals surface area contributed by atoms with Gasteiger partial charge in [-0.3, -0.25) is 28.9 Å². The standard InChI is InChI=1S/C25H26N2O6/c1-15-5-10-18-19(13-15)23(31)27(22(18)30)12-11-21(29)33-14-20(28)16-6-8-17(9-7-16)26-24(32)25(2,3)4/h5-10,13H,11-12,14H2,1-4H3,(H,26,32). The van der Waals surface area contributed by atoms with Gasteiger partial charge in [0.1, 0.15) is 0 Å². The summed E-state index contributed by atoms with van der Waals surface area (Å²) in [6.45, 7) is 6.62. The lowest BCUT2D eigenvalue weighted by Crippen LogP contribution is -2.32. The summed E-state index contributed by atoms with van der Waals surface area (Å²) in [5, 5.41) is 2.76. The van der Waals surface area contributed by atoms with Crippen LogP contribution in [0.2, 0.25) is 0 Å². The molecule has 1 heterocycles. The van der Waals surface area contributed by atoms with Crippen LogP contribution in [-0.2, 0) is 14.3 Å². The third kappa shape index (κ3) is 5.52. The number of imide groups is 1. The number of amides is 3. The average Bonchev–Trinajstić information content (AvgIpc) is 2.99. The van der Waals surface area contributed by atoms with Crippen molar-refractivity contribution in [1.82, 2.24) is 4.90 Å². The van der Waals surface area contributed by atoms with Crippen molar-refractivity contribution in [2.75, 3.05) is 18.5 Å². The van der Waals surface area contributed by atoms with Crippen LogP contribution in [0.4, 0.5) is 5.69 Å². The van der Waals surface area contributed by atoms with Crippen molar-refractivity contribution in [2.24, 2.45) is 5.41 Å². The summed E-state index contributed by atoms with van der Waals surface area (Å²) in [5.41, 5.74) is 1.84. The molecule has 0 fully saturated rings. The van der Waals surface area contributed by atoms with Crippen LogP contribution in [0.25, 0.3) is 0 Å². The number of anilines is 1. The Morgan fingerprint density at radius 3 is 2.21 bits per heavy atom. The molecule has 0 unspecified atom stereocenters. The lowest BCUT2D eigenvalue weighted by molar-refractivity contribution is -0.142. The quantitative estimate of drug-likeness (QED) is 0.393. The number of benzene rings is 2. The summed E-state index contributed by atoms with van der Waals surface area (Å²) in [6, 6.07) is 11.3. The Morgan fingerprint density at radius 2 is 1.58 bits per heavy atom. The first-order valence-corrected chi connectivity index (χ1v) is 10.5. The second kappa shape index (κ2) is 9.36. The van der Waals surface area contributed by atoms with Crippen LogP contribution >= 0.6 is 0 Å². The molecule has 0 radical (unpaired) electrons. The highest BCUT2D eigenvalue weighted by molar-refractivity contribution is 6.21. The smallest absolute Gasteiger partial charge is 0.308 e. The molecule has 0 atom stereocenters. The monoisotopic (exact) mass is 450 g/mol. The Bertz CT molecular complexity index is 1130. The van der Waals surface area contributed by atoms with Crippen molar-refractivity contribution in [3.63, 3.8) is 0 Å². The van der Waals surface area contributed by atoms with Crippen molar-refractivity contribution < 1.29 is 28.7 Å². The number of hydrogen-bond donors (Lipinski definition) is 1. The maximum Gasteiger partial charge on any atom is 0.308 e. The summed E-state index contributed by atoms with van der Waals surface area (Å²) in [5.74, 6) is -2.14. The molecule has 1 N–H and O–H groups in total. The van der Waals surface area contributed by atoms with Gasteiger partial charge in [0.2, 0.25) is 5.91 Å². The van der Waals surface area contributed by atoms with Crippen molar-refractivity contribution in [3.05, 3.63) is 64.7 Å². The van der Waals surface area contributed by atoms with Gasteiger partial charge in [0.25, 0.3) is 11.8 Å². The first kappa shape index (κ1) is 23.8. The second-order valence-electron chi connectivity index (χ2n) is 8.93. The van der Waals surface area contributed by atoms with Crippen molar-refractivity contribution in [1.29, 1.82) is 0 Å². The van der Waals surface area contributed by atoms with E-state index in [1.165, 1.54) is 12.1 Å². The summed E-state index contributed by atoms with van der Waals surface area (Å²) in [7, 11) is 0. The number of carbonyl (C=O) groups is 5. The lowest BCUT2D eigenvalue weighted by atomic mass is 9.95. The Hall–Kier alpha value is -3.81. The van der Waals surface area contributed by atoms with Crippen LogP contribution in [-0.4, -0.2) is 47.5 Å². The predicted molar refractivity (Wildman–Crippen MR) is 121 cm³/mol. The molecule has 2 aromatic carbocycles. The Morgan fingerprint density at radius 1 is 0.939 bits per heavy atom. The van der Waals surface area contributed by atoms with E-state index in [1.54, 1.807) is 51.1 Å². The number of ketones is 1. The molecule has 0 spiro atoms. The molecule has 0 aliphatic carbocycles. The SMILES string of the molecule is Cc1ccc2c(c1)C(=O)N(CCC(=O)OCC(=O)c1ccc(NC(=O)C(C)(C)C)cc1)C2=O. The van der Waals surface area contributed by atoms with Gasteiger partial charge >= 0.3 is 5.97 Å². The van der Waals surface area contributed by atoms with E-state index in [0.29, 0.717) is 22.4 Å². The van der Waals surface area contributed by atoms with Gasteiger partial charge in [-0.15, -0.1) is 0 Å².